The van der Waals surface area contributed by atoms with E-state index in [4.69, 9.17) is 9.90 Å². The van der Waals surface area contributed by atoms with Gasteiger partial charge in [-0.25, -0.2) is 9.78 Å². The first-order chi connectivity index (χ1) is 18.6. The number of aliphatic carboxylic acids is 1. The van der Waals surface area contributed by atoms with E-state index in [2.05, 4.69) is 20.6 Å². The Kier molecular flexibility index (Phi) is 9.43. The number of para-hydroxylation sites is 1. The number of carbonyl (C=O) groups is 2. The van der Waals surface area contributed by atoms with Gasteiger partial charge in [0.2, 0.25) is 5.95 Å². The van der Waals surface area contributed by atoms with Crippen molar-refractivity contribution >= 4 is 34.5 Å². The van der Waals surface area contributed by atoms with Crippen LogP contribution in [0.25, 0.3) is 10.9 Å². The number of fused-ring (bicyclic) bond motifs is 1. The third kappa shape index (κ3) is 8.20. The SMILES string of the molecule is CN(C)c1nc(NC2CCC(NC(=O)c3cccc(C(F)(F)F)c3)CC2)nc2ccccc12.O=C(O)C(F)(F)F. The molecule has 1 heterocycles. The Morgan fingerprint density at radius 1 is 0.900 bits per heavy atom. The van der Waals surface area contributed by atoms with Gasteiger partial charge in [0.15, 0.2) is 0 Å². The van der Waals surface area contributed by atoms with Crippen molar-refractivity contribution in [2.24, 2.45) is 0 Å². The molecule has 4 rings (SSSR count). The molecule has 1 saturated carbocycles. The number of carboxylic acids is 1. The largest absolute Gasteiger partial charge is 0.490 e. The molecule has 0 unspecified atom stereocenters. The van der Waals surface area contributed by atoms with Crippen LogP contribution < -0.4 is 15.5 Å². The fourth-order valence-electron chi connectivity index (χ4n) is 4.14. The van der Waals surface area contributed by atoms with Gasteiger partial charge in [-0.15, -0.1) is 0 Å². The fraction of sp³-hybridized carbons (Fsp3) is 0.385. The smallest absolute Gasteiger partial charge is 0.475 e. The van der Waals surface area contributed by atoms with E-state index in [0.29, 0.717) is 5.95 Å². The predicted octanol–water partition coefficient (Wildman–Crippen LogP) is 5.50. The molecule has 3 N–H and O–H groups in total. The summed E-state index contributed by atoms with van der Waals surface area (Å²) in [4.78, 5) is 32.6. The topological polar surface area (TPSA) is 107 Å². The number of carbonyl (C=O) groups excluding carboxylic acids is 1. The molecule has 1 amide bonds. The minimum absolute atomic E-state index is 0.0193. The lowest BCUT2D eigenvalue weighted by atomic mass is 9.91. The summed E-state index contributed by atoms with van der Waals surface area (Å²) in [5, 5.41) is 14.4. The van der Waals surface area contributed by atoms with Crippen LogP contribution in [0.1, 0.15) is 41.6 Å². The molecule has 0 radical (unpaired) electrons. The van der Waals surface area contributed by atoms with Crippen molar-refractivity contribution in [1.29, 1.82) is 0 Å². The second kappa shape index (κ2) is 12.4. The molecule has 0 saturated heterocycles. The number of aromatic nitrogens is 2. The summed E-state index contributed by atoms with van der Waals surface area (Å²) in [6.45, 7) is 0. The van der Waals surface area contributed by atoms with Gasteiger partial charge in [0.05, 0.1) is 11.1 Å². The van der Waals surface area contributed by atoms with Gasteiger partial charge in [-0.1, -0.05) is 18.2 Å². The molecule has 2 aromatic carbocycles. The van der Waals surface area contributed by atoms with Crippen LogP contribution in [0.3, 0.4) is 0 Å². The Balaban J connectivity index is 0.000000559. The van der Waals surface area contributed by atoms with Gasteiger partial charge in [0.1, 0.15) is 5.82 Å². The first-order valence-corrected chi connectivity index (χ1v) is 12.1. The summed E-state index contributed by atoms with van der Waals surface area (Å²) >= 11 is 0. The minimum atomic E-state index is -5.08. The Bertz CT molecular complexity index is 1340. The van der Waals surface area contributed by atoms with E-state index in [1.54, 1.807) is 0 Å². The maximum absolute atomic E-state index is 12.9. The highest BCUT2D eigenvalue weighted by Crippen LogP contribution is 2.30. The van der Waals surface area contributed by atoms with E-state index >= 15 is 0 Å². The molecule has 216 valence electrons. The molecule has 1 aromatic heterocycles. The summed E-state index contributed by atoms with van der Waals surface area (Å²) in [6, 6.07) is 12.4. The molecule has 0 aliphatic heterocycles. The maximum Gasteiger partial charge on any atom is 0.490 e. The molecular formula is C26H27F6N5O3. The molecule has 3 aromatic rings. The lowest BCUT2D eigenvalue weighted by Crippen LogP contribution is -2.40. The quantitative estimate of drug-likeness (QED) is 0.347. The van der Waals surface area contributed by atoms with Crippen LogP contribution in [0.4, 0.5) is 38.1 Å². The molecular weight excluding hydrogens is 544 g/mol. The fourth-order valence-corrected chi connectivity index (χ4v) is 4.14. The summed E-state index contributed by atoms with van der Waals surface area (Å²) in [7, 11) is 3.88. The monoisotopic (exact) mass is 571 g/mol. The van der Waals surface area contributed by atoms with Gasteiger partial charge in [-0.05, 0) is 56.0 Å². The third-order valence-corrected chi connectivity index (χ3v) is 6.10. The number of anilines is 2. The standard InChI is InChI=1S/C24H26F3N5O.C2HF3O2/c1-32(2)21-19-8-3-4-9-20(19)30-23(31-21)29-18-12-10-17(11-13-18)28-22(33)15-6-5-7-16(14-15)24(25,26)27;3-2(4,5)1(6)7/h3-9,14,17-18H,10-13H2,1-2H3,(H,28,33)(H,29,30,31);(H,6,7). The Labute approximate surface area is 225 Å². The number of rotatable bonds is 5. The molecule has 1 fully saturated rings. The van der Waals surface area contributed by atoms with E-state index in [-0.39, 0.29) is 17.6 Å². The van der Waals surface area contributed by atoms with E-state index in [1.165, 1.54) is 12.1 Å². The highest BCUT2D eigenvalue weighted by Gasteiger charge is 2.38. The van der Waals surface area contributed by atoms with Gasteiger partial charge >= 0.3 is 18.3 Å². The van der Waals surface area contributed by atoms with Crippen LogP contribution in [0.2, 0.25) is 0 Å². The molecule has 40 heavy (non-hydrogen) atoms. The summed E-state index contributed by atoms with van der Waals surface area (Å²) in [5.74, 6) is -1.84. The normalized spacial score (nSPS) is 17.4. The zero-order valence-corrected chi connectivity index (χ0v) is 21.5. The van der Waals surface area contributed by atoms with Gasteiger partial charge in [-0.3, -0.25) is 4.79 Å². The second-order valence-corrected chi connectivity index (χ2v) is 9.33. The maximum atomic E-state index is 12.9. The lowest BCUT2D eigenvalue weighted by Gasteiger charge is -2.30. The Hall–Kier alpha value is -4.10. The highest BCUT2D eigenvalue weighted by atomic mass is 19.4. The molecule has 0 bridgehead atoms. The lowest BCUT2D eigenvalue weighted by molar-refractivity contribution is -0.192. The summed E-state index contributed by atoms with van der Waals surface area (Å²) < 4.78 is 70.5. The molecule has 1 aliphatic carbocycles. The summed E-state index contributed by atoms with van der Waals surface area (Å²) in [5.41, 5.74) is 0.0575. The molecule has 8 nitrogen and oxygen atoms in total. The zero-order chi connectivity index (χ0) is 29.7. The number of alkyl halides is 6. The van der Waals surface area contributed by atoms with Crippen LogP contribution in [0, 0.1) is 0 Å². The van der Waals surface area contributed by atoms with Crippen molar-refractivity contribution in [2.75, 3.05) is 24.3 Å². The number of hydrogen-bond acceptors (Lipinski definition) is 6. The van der Waals surface area contributed by atoms with E-state index < -0.39 is 29.8 Å². The van der Waals surface area contributed by atoms with E-state index in [1.807, 2.05) is 43.3 Å². The zero-order valence-electron chi connectivity index (χ0n) is 21.5. The van der Waals surface area contributed by atoms with Gasteiger partial charge in [0, 0.05) is 37.1 Å². The van der Waals surface area contributed by atoms with Crippen molar-refractivity contribution in [2.45, 2.75) is 50.1 Å². The predicted molar refractivity (Wildman–Crippen MR) is 136 cm³/mol. The third-order valence-electron chi connectivity index (χ3n) is 6.10. The Morgan fingerprint density at radius 2 is 1.50 bits per heavy atom. The van der Waals surface area contributed by atoms with Gasteiger partial charge in [-0.2, -0.15) is 31.3 Å². The number of benzene rings is 2. The van der Waals surface area contributed by atoms with E-state index in [9.17, 15) is 31.1 Å². The van der Waals surface area contributed by atoms with Crippen LogP contribution in [0.15, 0.2) is 48.5 Å². The number of nitrogens with zero attached hydrogens (tertiary/aromatic N) is 3. The van der Waals surface area contributed by atoms with Crippen molar-refractivity contribution in [3.8, 4) is 0 Å². The van der Waals surface area contributed by atoms with Gasteiger partial charge in [0.25, 0.3) is 5.91 Å². The average molecular weight is 572 g/mol. The van der Waals surface area contributed by atoms with Crippen molar-refractivity contribution in [3.05, 3.63) is 59.7 Å². The van der Waals surface area contributed by atoms with Crippen molar-refractivity contribution in [3.63, 3.8) is 0 Å². The first kappa shape index (κ1) is 30.4. The summed E-state index contributed by atoms with van der Waals surface area (Å²) in [6.07, 6.45) is -6.54. The Morgan fingerprint density at radius 3 is 2.08 bits per heavy atom. The van der Waals surface area contributed by atoms with Crippen LogP contribution >= 0.6 is 0 Å². The molecule has 14 heteroatoms. The van der Waals surface area contributed by atoms with Crippen molar-refractivity contribution in [1.82, 2.24) is 15.3 Å². The molecule has 1 aliphatic rings. The average Bonchev–Trinajstić information content (AvgIpc) is 2.88. The second-order valence-electron chi connectivity index (χ2n) is 9.33. The highest BCUT2D eigenvalue weighted by molar-refractivity contribution is 5.94. The van der Waals surface area contributed by atoms with Crippen LogP contribution in [0.5, 0.6) is 0 Å². The minimum Gasteiger partial charge on any atom is -0.475 e. The number of hydrogen-bond donors (Lipinski definition) is 3. The molecule has 0 atom stereocenters. The number of amides is 1. The van der Waals surface area contributed by atoms with E-state index in [0.717, 1.165) is 54.5 Å². The van der Waals surface area contributed by atoms with Gasteiger partial charge < -0.3 is 20.6 Å². The molecule has 0 spiro atoms. The van der Waals surface area contributed by atoms with Crippen LogP contribution in [-0.2, 0) is 11.0 Å². The van der Waals surface area contributed by atoms with Crippen LogP contribution in [-0.4, -0.2) is 59.3 Å². The van der Waals surface area contributed by atoms with Crippen molar-refractivity contribution < 1.29 is 41.0 Å². The number of halogens is 6. The number of carboxylic acid groups (broad SMARTS) is 1. The first-order valence-electron chi connectivity index (χ1n) is 12.1. The number of nitrogens with one attached hydrogen (secondary N) is 2.